The van der Waals surface area contributed by atoms with Gasteiger partial charge in [-0.2, -0.15) is 0 Å². The minimum absolute atomic E-state index is 0.0214. The van der Waals surface area contributed by atoms with E-state index in [-0.39, 0.29) is 12.3 Å². The number of carboxylic acids is 1. The Balaban J connectivity index is 1.69. The molecule has 2 aliphatic rings. The zero-order valence-corrected chi connectivity index (χ0v) is 29.9. The van der Waals surface area contributed by atoms with Crippen molar-refractivity contribution in [1.29, 1.82) is 0 Å². The van der Waals surface area contributed by atoms with Crippen LogP contribution in [-0.2, 0) is 9.59 Å². The number of hydrogen-bond donors (Lipinski definition) is 2. The van der Waals surface area contributed by atoms with E-state index in [1.165, 1.54) is 0 Å². The summed E-state index contributed by atoms with van der Waals surface area (Å²) in [6, 6.07) is 17.0. The average Bonchev–Trinajstić information content (AvgIpc) is 3.05. The molecule has 10 nitrogen and oxygen atoms in total. The zero-order valence-electron chi connectivity index (χ0n) is 29.9. The maximum atomic E-state index is 12.5. The van der Waals surface area contributed by atoms with Crippen molar-refractivity contribution in [3.63, 3.8) is 0 Å². The summed E-state index contributed by atoms with van der Waals surface area (Å²) in [5.74, 6) is 0.801. The number of rotatable bonds is 16. The number of carboxylic acid groups (broad SMARTS) is 1. The number of ether oxygens (including phenoxy) is 1. The number of carbonyl (C=O) groups is 2. The first-order chi connectivity index (χ1) is 22.9. The first-order valence-electron chi connectivity index (χ1n) is 16.8. The molecular weight excluding hydrogens is 606 g/mol. The molecule has 1 heterocycles. The molecule has 2 aromatic rings. The molecule has 1 aliphatic heterocycles. The van der Waals surface area contributed by atoms with E-state index in [2.05, 4.69) is 94.1 Å². The van der Waals surface area contributed by atoms with Gasteiger partial charge in [0.25, 0.3) is 0 Å². The molecule has 2 N–H and O–H groups in total. The lowest BCUT2D eigenvalue weighted by atomic mass is 9.92. The molecule has 258 valence electrons. The Hall–Kier alpha value is -4.73. The smallest absolute Gasteiger partial charge is 0.303 e. The molecule has 0 saturated carbocycles. The molecule has 2 aromatic carbocycles. The number of anilines is 3. The topological polar surface area (TPSA) is 102 Å². The molecule has 1 aliphatic carbocycles. The van der Waals surface area contributed by atoms with Crippen molar-refractivity contribution in [2.45, 2.75) is 45.4 Å². The van der Waals surface area contributed by atoms with Crippen LogP contribution in [0.15, 0.2) is 52.9 Å². The Morgan fingerprint density at radius 3 is 2.29 bits per heavy atom. The highest BCUT2D eigenvalue weighted by Gasteiger charge is 2.24. The standard InChI is InChI=1S/C38H51N5O5/c1-9-43(21-13-14-36(44)39-20-12-10-11-15-37(45)46)32-25-33(47-8)30(24-31(32)42(6)7)38-28-18-16-26(40(2)3)22-34(28)48-35-23-27(41(4)5)17-19-29(35)38/h16-19,22-25H,9-15,20-21H2,1-8H3,(H-,39,44,45,46)/p+1. The summed E-state index contributed by atoms with van der Waals surface area (Å²) < 4.78 is 14.8. The minimum atomic E-state index is -0.778. The molecule has 0 aromatic heterocycles. The van der Waals surface area contributed by atoms with Gasteiger partial charge in [0.15, 0.2) is 0 Å². The SMILES string of the molecule is CCN(CCCC(=O)NCCCCCC(=O)O)c1cc(OC)c(-c2c3ccc(=[N+](C)C)cc-3oc3cc(N(C)C)ccc23)cc1N(C)C. The number of carbonyl (C=O) groups excluding carboxylic acids is 1. The van der Waals surface area contributed by atoms with Gasteiger partial charge in [0, 0.05) is 107 Å². The van der Waals surface area contributed by atoms with E-state index in [0.29, 0.717) is 32.4 Å². The van der Waals surface area contributed by atoms with Crippen molar-refractivity contribution in [2.75, 3.05) is 83.7 Å². The number of hydrogen-bond acceptors (Lipinski definition) is 7. The third-order valence-corrected chi connectivity index (χ3v) is 8.71. The summed E-state index contributed by atoms with van der Waals surface area (Å²) in [5.41, 5.74) is 6.98. The molecule has 48 heavy (non-hydrogen) atoms. The summed E-state index contributed by atoms with van der Waals surface area (Å²) in [4.78, 5) is 29.7. The van der Waals surface area contributed by atoms with Crippen LogP contribution in [0.25, 0.3) is 33.4 Å². The molecular formula is C38H52N5O5+. The van der Waals surface area contributed by atoms with Gasteiger partial charge in [-0.05, 0) is 50.5 Å². The van der Waals surface area contributed by atoms with Crippen molar-refractivity contribution < 1.29 is 23.8 Å². The highest BCUT2D eigenvalue weighted by Crippen LogP contribution is 2.47. The van der Waals surface area contributed by atoms with Gasteiger partial charge >= 0.3 is 5.97 Å². The van der Waals surface area contributed by atoms with E-state index in [1.54, 1.807) is 7.11 Å². The van der Waals surface area contributed by atoms with Gasteiger partial charge in [0.2, 0.25) is 11.3 Å². The Kier molecular flexibility index (Phi) is 12.3. The summed E-state index contributed by atoms with van der Waals surface area (Å²) in [7, 11) is 13.9. The van der Waals surface area contributed by atoms with Gasteiger partial charge in [-0.3, -0.25) is 9.59 Å². The number of nitrogens with zero attached hydrogens (tertiary/aromatic N) is 4. The Morgan fingerprint density at radius 2 is 1.65 bits per heavy atom. The minimum Gasteiger partial charge on any atom is -0.496 e. The van der Waals surface area contributed by atoms with Crippen LogP contribution in [0.5, 0.6) is 5.75 Å². The van der Waals surface area contributed by atoms with E-state index in [0.717, 1.165) is 81.0 Å². The second-order valence-electron chi connectivity index (χ2n) is 12.8. The fourth-order valence-electron chi connectivity index (χ4n) is 6.02. The van der Waals surface area contributed by atoms with Crippen molar-refractivity contribution in [3.8, 4) is 28.2 Å². The van der Waals surface area contributed by atoms with E-state index < -0.39 is 5.97 Å². The van der Waals surface area contributed by atoms with Crippen LogP contribution in [0.1, 0.15) is 45.4 Å². The number of fused-ring (bicyclic) bond motifs is 2. The van der Waals surface area contributed by atoms with E-state index in [1.807, 2.05) is 28.2 Å². The van der Waals surface area contributed by atoms with Crippen LogP contribution in [0.3, 0.4) is 0 Å². The maximum absolute atomic E-state index is 12.5. The van der Waals surface area contributed by atoms with Crippen molar-refractivity contribution >= 4 is 39.9 Å². The van der Waals surface area contributed by atoms with E-state index in [9.17, 15) is 9.59 Å². The van der Waals surface area contributed by atoms with Gasteiger partial charge in [-0.15, -0.1) is 0 Å². The average molecular weight is 659 g/mol. The number of benzene rings is 3. The second kappa shape index (κ2) is 16.4. The molecule has 0 radical (unpaired) electrons. The number of methoxy groups -OCH3 is 1. The van der Waals surface area contributed by atoms with Crippen molar-refractivity contribution in [1.82, 2.24) is 9.89 Å². The highest BCUT2D eigenvalue weighted by molar-refractivity contribution is 6.05. The predicted octanol–water partition coefficient (Wildman–Crippen LogP) is 5.74. The molecule has 0 bridgehead atoms. The predicted molar refractivity (Wildman–Crippen MR) is 197 cm³/mol. The Labute approximate surface area is 284 Å². The summed E-state index contributed by atoms with van der Waals surface area (Å²) in [6.45, 7) is 4.18. The summed E-state index contributed by atoms with van der Waals surface area (Å²) in [5, 5.41) is 13.8. The van der Waals surface area contributed by atoms with Crippen LogP contribution in [0.4, 0.5) is 17.1 Å². The molecule has 0 unspecified atom stereocenters. The largest absolute Gasteiger partial charge is 0.496 e. The molecule has 10 heteroatoms. The van der Waals surface area contributed by atoms with E-state index in [4.69, 9.17) is 14.3 Å². The lowest BCUT2D eigenvalue weighted by molar-refractivity contribution is -0.137. The first-order valence-corrected chi connectivity index (χ1v) is 16.8. The van der Waals surface area contributed by atoms with Crippen LogP contribution < -0.4 is 34.7 Å². The number of aliphatic carboxylic acids is 1. The molecule has 0 atom stereocenters. The fraction of sp³-hybridized carbons (Fsp3) is 0.447. The van der Waals surface area contributed by atoms with Gasteiger partial charge in [-0.1, -0.05) is 6.42 Å². The lowest BCUT2D eigenvalue weighted by Crippen LogP contribution is -2.29. The third-order valence-electron chi connectivity index (χ3n) is 8.71. The normalized spacial score (nSPS) is 11.1. The van der Waals surface area contributed by atoms with Gasteiger partial charge in [0.1, 0.15) is 31.2 Å². The number of nitrogens with one attached hydrogen (secondary N) is 1. The highest BCUT2D eigenvalue weighted by atomic mass is 16.5. The maximum Gasteiger partial charge on any atom is 0.303 e. The monoisotopic (exact) mass is 658 g/mol. The number of unbranched alkanes of at least 4 members (excludes halogenated alkanes) is 2. The fourth-order valence-corrected chi connectivity index (χ4v) is 6.02. The van der Waals surface area contributed by atoms with E-state index >= 15 is 0 Å². The van der Waals surface area contributed by atoms with Crippen LogP contribution in [0, 0.1) is 0 Å². The second-order valence-corrected chi connectivity index (χ2v) is 12.8. The third kappa shape index (κ3) is 8.59. The Morgan fingerprint density at radius 1 is 0.875 bits per heavy atom. The van der Waals surface area contributed by atoms with Crippen LogP contribution in [0.2, 0.25) is 0 Å². The van der Waals surface area contributed by atoms with Gasteiger partial charge < -0.3 is 34.3 Å². The van der Waals surface area contributed by atoms with Crippen molar-refractivity contribution in [2.24, 2.45) is 0 Å². The molecule has 0 fully saturated rings. The summed E-state index contributed by atoms with van der Waals surface area (Å²) in [6.07, 6.45) is 3.51. The molecule has 0 saturated heterocycles. The van der Waals surface area contributed by atoms with Gasteiger partial charge in [-0.25, -0.2) is 4.58 Å². The van der Waals surface area contributed by atoms with Crippen LogP contribution in [-0.4, -0.2) is 86.0 Å². The Bertz CT molecular complexity index is 1770. The van der Waals surface area contributed by atoms with Crippen LogP contribution >= 0.6 is 0 Å². The summed E-state index contributed by atoms with van der Waals surface area (Å²) >= 11 is 0. The van der Waals surface area contributed by atoms with Gasteiger partial charge in [0.05, 0.1) is 24.6 Å². The lowest BCUT2D eigenvalue weighted by Gasteiger charge is -2.30. The molecule has 4 rings (SSSR count). The quantitative estimate of drug-likeness (QED) is 0.0893. The number of amides is 1. The first kappa shape index (κ1) is 36.1. The van der Waals surface area contributed by atoms with Crippen molar-refractivity contribution in [3.05, 3.63) is 53.9 Å². The molecule has 0 spiro atoms. The molecule has 1 amide bonds. The zero-order chi connectivity index (χ0) is 35.0.